The molecule has 4 bridgehead atoms. The third-order valence-electron chi connectivity index (χ3n) is 10.9. The highest BCUT2D eigenvalue weighted by atomic mass is 35.5. The maximum Gasteiger partial charge on any atom is 0.409 e. The molecule has 1 aromatic carbocycles. The zero-order chi connectivity index (χ0) is 43.8. The summed E-state index contributed by atoms with van der Waals surface area (Å²) >= 11 is 6.76. The molecule has 0 aliphatic carbocycles. The summed E-state index contributed by atoms with van der Waals surface area (Å²) in [6.07, 6.45) is 4.11. The molecule has 0 aromatic heterocycles. The molecule has 0 spiro atoms. The Morgan fingerprint density at radius 3 is 2.42 bits per heavy atom. The number of carbonyl (C=O) groups excluding carboxylic acids is 6. The summed E-state index contributed by atoms with van der Waals surface area (Å²) in [5.74, 6) is -2.00. The van der Waals surface area contributed by atoms with Crippen LogP contribution in [0.15, 0.2) is 48.1 Å². The van der Waals surface area contributed by atoms with Crippen LogP contribution >= 0.6 is 11.6 Å². The summed E-state index contributed by atoms with van der Waals surface area (Å²) in [4.78, 5) is 81.5. The van der Waals surface area contributed by atoms with Gasteiger partial charge in [-0.25, -0.2) is 9.59 Å². The van der Waals surface area contributed by atoms with Crippen LogP contribution in [0.2, 0.25) is 5.02 Å². The number of carbonyl (C=O) groups is 6. The Morgan fingerprint density at radius 1 is 1.10 bits per heavy atom. The van der Waals surface area contributed by atoms with Crippen molar-refractivity contribution in [3.05, 3.63) is 58.7 Å². The first-order valence-electron chi connectivity index (χ1n) is 19.6. The van der Waals surface area contributed by atoms with Crippen LogP contribution in [-0.2, 0) is 49.3 Å². The number of hydrogen-bond donors (Lipinski definition) is 2. The Labute approximate surface area is 350 Å². The molecule has 1 saturated heterocycles. The molecule has 0 saturated carbocycles. The molecule has 3 aliphatic rings. The van der Waals surface area contributed by atoms with Gasteiger partial charge in [0.1, 0.15) is 40.7 Å². The van der Waals surface area contributed by atoms with Gasteiger partial charge in [0, 0.05) is 52.7 Å². The number of nitrogens with one attached hydrogen (secondary N) is 1. The van der Waals surface area contributed by atoms with Gasteiger partial charge in [-0.05, 0) is 71.6 Å². The summed E-state index contributed by atoms with van der Waals surface area (Å²) in [6.45, 7) is 8.54. The smallest absolute Gasteiger partial charge is 0.409 e. The van der Waals surface area contributed by atoms with Gasteiger partial charge in [-0.1, -0.05) is 41.8 Å². The molecule has 2 N–H and O–H groups in total. The van der Waals surface area contributed by atoms with Gasteiger partial charge in [-0.3, -0.25) is 29.4 Å². The number of fused-ring (bicyclic) bond motifs is 4. The van der Waals surface area contributed by atoms with E-state index in [-0.39, 0.29) is 42.1 Å². The largest absolute Gasteiger partial charge is 0.495 e. The highest BCUT2D eigenvalue weighted by Gasteiger charge is 2.48. The zero-order valence-electron chi connectivity index (χ0n) is 35.2. The van der Waals surface area contributed by atoms with Crippen molar-refractivity contribution >= 4 is 53.0 Å². The molecule has 324 valence electrons. The van der Waals surface area contributed by atoms with E-state index in [4.69, 9.17) is 35.3 Å². The molecule has 0 unspecified atom stereocenters. The van der Waals surface area contributed by atoms with Crippen LogP contribution in [0.5, 0.6) is 5.75 Å². The van der Waals surface area contributed by atoms with E-state index in [1.165, 1.54) is 50.1 Å². The van der Waals surface area contributed by atoms with E-state index in [0.29, 0.717) is 37.1 Å². The highest BCUT2D eigenvalue weighted by Crippen LogP contribution is 2.38. The van der Waals surface area contributed by atoms with Gasteiger partial charge in [-0.15, -0.1) is 0 Å². The quantitative estimate of drug-likeness (QED) is 0.182. The molecule has 17 heteroatoms. The van der Waals surface area contributed by atoms with Crippen molar-refractivity contribution in [3.8, 4) is 5.75 Å². The van der Waals surface area contributed by atoms with Gasteiger partial charge in [0.2, 0.25) is 11.8 Å². The Hall–Kier alpha value is -4.77. The first-order chi connectivity index (χ1) is 27.7. The molecular formula is C42H57ClN4O12. The third kappa shape index (κ3) is 11.7. The van der Waals surface area contributed by atoms with E-state index < -0.39 is 66.2 Å². The van der Waals surface area contributed by atoms with Gasteiger partial charge in [0.25, 0.3) is 11.8 Å². The highest BCUT2D eigenvalue weighted by molar-refractivity contribution is 6.35. The van der Waals surface area contributed by atoms with Crippen LogP contribution in [0, 0.1) is 0 Å². The molecule has 6 atom stereocenters. The monoisotopic (exact) mass is 844 g/mol. The van der Waals surface area contributed by atoms with E-state index in [9.17, 15) is 33.9 Å². The average molecular weight is 845 g/mol. The predicted octanol–water partition coefficient (Wildman–Crippen LogP) is 4.39. The van der Waals surface area contributed by atoms with Crippen molar-refractivity contribution in [1.29, 1.82) is 0 Å². The number of esters is 1. The number of aliphatic hydroxyl groups is 1. The third-order valence-corrected chi connectivity index (χ3v) is 11.3. The van der Waals surface area contributed by atoms with E-state index in [2.05, 4.69) is 5.32 Å². The number of unbranched alkanes of at least 4 members (excludes halogenated alkanes) is 2. The van der Waals surface area contributed by atoms with Crippen LogP contribution in [0.25, 0.3) is 0 Å². The van der Waals surface area contributed by atoms with Gasteiger partial charge in [-0.2, -0.15) is 0 Å². The molecular weight excluding hydrogens is 788 g/mol. The number of anilines is 1. The predicted molar refractivity (Wildman–Crippen MR) is 217 cm³/mol. The standard InChI is InChI=1S/C42H57ClN4O12/c1-25-14-13-15-32(56-9)42(54)24-31(57-40(53)44-42)27(3)59-41(4,5)33(23-37(51)46(7)29-21-28(20-25)22-30(55-8)38(29)43)58-39(52)26(2)45(6)34(48)16-11-10-12-19-47-35(49)17-18-36(47)50/h13-15,17-18,21-22,26-27,31-33,54H,10-12,16,19-20,23-24H2,1-9H3,(H,44,53)/b15-13+,25-14+/t26-,27+,31-,32+,33-,42-/m0/s1. The second-order valence-corrected chi connectivity index (χ2v) is 16.1. The number of likely N-dealkylation sites (N-methyl/N-ethyl adjacent to an activating group) is 1. The summed E-state index contributed by atoms with van der Waals surface area (Å²) in [5, 5.41) is 14.4. The maximum atomic E-state index is 14.2. The Bertz CT molecular complexity index is 1850. The Balaban J connectivity index is 1.60. The number of hydrogen-bond acceptors (Lipinski definition) is 12. The number of alkyl carbamates (subject to hydrolysis) is 1. The van der Waals surface area contributed by atoms with Gasteiger partial charge in [0.15, 0.2) is 5.72 Å². The first kappa shape index (κ1) is 46.9. The van der Waals surface area contributed by atoms with E-state index in [1.807, 2.05) is 13.0 Å². The average Bonchev–Trinajstić information content (AvgIpc) is 3.50. The van der Waals surface area contributed by atoms with E-state index in [1.54, 1.807) is 52.1 Å². The van der Waals surface area contributed by atoms with Crippen LogP contribution < -0.4 is 15.0 Å². The number of ether oxygens (including phenoxy) is 5. The van der Waals surface area contributed by atoms with Gasteiger partial charge >= 0.3 is 12.1 Å². The fourth-order valence-corrected chi connectivity index (χ4v) is 7.43. The number of rotatable bonds is 11. The second-order valence-electron chi connectivity index (χ2n) is 15.7. The summed E-state index contributed by atoms with van der Waals surface area (Å²) in [6, 6.07) is 2.47. The van der Waals surface area contributed by atoms with Crippen molar-refractivity contribution < 1.29 is 57.6 Å². The van der Waals surface area contributed by atoms with E-state index in [0.717, 1.165) is 16.0 Å². The number of allylic oxidation sites excluding steroid dienone is 3. The number of methoxy groups -OCH3 is 2. The molecule has 1 aromatic rings. The molecule has 16 nitrogen and oxygen atoms in total. The van der Waals surface area contributed by atoms with E-state index >= 15 is 0 Å². The van der Waals surface area contributed by atoms with Crippen LogP contribution in [0.3, 0.4) is 0 Å². The SMILES string of the molecule is COc1cc2cc(c1Cl)N(C)C(=O)C[C@H](OC(=O)[C@H](C)N(C)C(=O)CCCCCN1C(=O)C=CC1=O)C(C)(C)O[C@H](C)[C@@H]1C[C@@](O)(NC(=O)O1)[C@H](OC)/C=C/C=C(\C)C2. The summed E-state index contributed by atoms with van der Waals surface area (Å²) in [7, 11) is 5.90. The lowest BCUT2D eigenvalue weighted by molar-refractivity contribution is -0.203. The number of halogens is 1. The lowest BCUT2D eigenvalue weighted by atomic mass is 9.93. The zero-order valence-corrected chi connectivity index (χ0v) is 36.0. The number of imide groups is 1. The van der Waals surface area contributed by atoms with Gasteiger partial charge < -0.3 is 38.6 Å². The minimum atomic E-state index is -1.89. The van der Waals surface area contributed by atoms with Crippen molar-refractivity contribution in [1.82, 2.24) is 15.1 Å². The lowest BCUT2D eigenvalue weighted by Gasteiger charge is -2.44. The molecule has 5 amide bonds. The topological polar surface area (TPSA) is 191 Å². The fraction of sp³-hybridized carbons (Fsp3) is 0.571. The molecule has 3 aliphatic heterocycles. The van der Waals surface area contributed by atoms with Crippen LogP contribution in [0.4, 0.5) is 10.5 Å². The lowest BCUT2D eigenvalue weighted by Crippen LogP contribution is -2.64. The molecule has 1 fully saturated rings. The van der Waals surface area contributed by atoms with Crippen molar-refractivity contribution in [2.75, 3.05) is 39.8 Å². The van der Waals surface area contributed by atoms with Crippen molar-refractivity contribution in [3.63, 3.8) is 0 Å². The summed E-state index contributed by atoms with van der Waals surface area (Å²) < 4.78 is 29.3. The maximum absolute atomic E-state index is 14.2. The molecule has 4 rings (SSSR count). The number of nitrogens with zero attached hydrogens (tertiary/aromatic N) is 3. The van der Waals surface area contributed by atoms with Crippen molar-refractivity contribution in [2.24, 2.45) is 0 Å². The summed E-state index contributed by atoms with van der Waals surface area (Å²) in [5.41, 5.74) is -1.29. The van der Waals surface area contributed by atoms with Crippen LogP contribution in [-0.4, -0.2) is 127 Å². The van der Waals surface area contributed by atoms with Gasteiger partial charge in [0.05, 0.1) is 25.3 Å². The Kier molecular flexibility index (Phi) is 15.9. The fourth-order valence-electron chi connectivity index (χ4n) is 7.11. The number of amides is 5. The minimum Gasteiger partial charge on any atom is -0.495 e. The molecule has 0 radical (unpaired) electrons. The minimum absolute atomic E-state index is 0.104. The van der Waals surface area contributed by atoms with Crippen LogP contribution in [0.1, 0.15) is 78.7 Å². The first-order valence-corrected chi connectivity index (χ1v) is 20.0. The molecule has 59 heavy (non-hydrogen) atoms. The van der Waals surface area contributed by atoms with Crippen molar-refractivity contribution in [2.45, 2.75) is 121 Å². The molecule has 3 heterocycles. The number of benzene rings is 1. The Morgan fingerprint density at radius 2 is 1.78 bits per heavy atom. The normalized spacial score (nSPS) is 27.0. The second kappa shape index (κ2) is 20.0.